The minimum Gasteiger partial charge on any atom is -0.330 e. The minimum atomic E-state index is -0.726. The van der Waals surface area contributed by atoms with E-state index >= 15 is 0 Å². The van der Waals surface area contributed by atoms with Gasteiger partial charge in [0, 0.05) is 44.7 Å². The van der Waals surface area contributed by atoms with E-state index in [1.807, 2.05) is 41.0 Å². The highest BCUT2D eigenvalue weighted by atomic mass is 32.2. The van der Waals surface area contributed by atoms with Gasteiger partial charge in [0.2, 0.25) is 11.8 Å². The Hall–Kier alpha value is -2.20. The highest BCUT2D eigenvalue weighted by Gasteiger charge is 2.51. The summed E-state index contributed by atoms with van der Waals surface area (Å²) in [5.74, 6) is -0.108. The Labute approximate surface area is 204 Å². The lowest BCUT2D eigenvalue weighted by molar-refractivity contribution is -0.340. The second-order valence-electron chi connectivity index (χ2n) is 9.31. The maximum absolute atomic E-state index is 13.2. The maximum atomic E-state index is 13.2. The van der Waals surface area contributed by atoms with Crippen LogP contribution < -0.4 is 5.73 Å². The van der Waals surface area contributed by atoms with Gasteiger partial charge in [0.15, 0.2) is 0 Å². The van der Waals surface area contributed by atoms with Gasteiger partial charge in [-0.1, -0.05) is 12.1 Å². The maximum Gasteiger partial charge on any atom is 0.241 e. The van der Waals surface area contributed by atoms with Gasteiger partial charge in [-0.3, -0.25) is 14.5 Å². The number of hydrogen-bond donors (Lipinski definition) is 1. The molecule has 0 radical (unpaired) electrons. The third-order valence-corrected chi connectivity index (χ3v) is 7.43. The molecule has 0 saturated carbocycles. The second-order valence-corrected chi connectivity index (χ2v) is 10.1. The van der Waals surface area contributed by atoms with Gasteiger partial charge in [-0.25, -0.2) is 0 Å². The molecule has 4 rings (SSSR count). The lowest BCUT2D eigenvalue weighted by Crippen LogP contribution is -2.56. The van der Waals surface area contributed by atoms with E-state index in [2.05, 4.69) is 6.07 Å². The zero-order valence-corrected chi connectivity index (χ0v) is 20.6. The predicted octanol–water partition coefficient (Wildman–Crippen LogP) is 1.31. The smallest absolute Gasteiger partial charge is 0.241 e. The second kappa shape index (κ2) is 10.6. The van der Waals surface area contributed by atoms with Gasteiger partial charge in [0.1, 0.15) is 6.04 Å². The fourth-order valence-corrected chi connectivity index (χ4v) is 5.66. The van der Waals surface area contributed by atoms with Crippen molar-refractivity contribution in [3.8, 4) is 6.07 Å². The summed E-state index contributed by atoms with van der Waals surface area (Å²) in [6.07, 6.45) is 2.27. The Bertz CT molecular complexity index is 938. The molecule has 2 bridgehead atoms. The summed E-state index contributed by atoms with van der Waals surface area (Å²) in [5.41, 5.74) is 7.28. The number of fused-ring (bicyclic) bond motifs is 2. The van der Waals surface area contributed by atoms with Crippen LogP contribution in [0, 0.1) is 11.3 Å². The summed E-state index contributed by atoms with van der Waals surface area (Å²) >= 11 is 1.12. The van der Waals surface area contributed by atoms with Crippen molar-refractivity contribution in [1.82, 2.24) is 19.8 Å². The Morgan fingerprint density at radius 1 is 1.35 bits per heavy atom. The number of carbonyl (C=O) groups is 2. The Balaban J connectivity index is 1.32. The van der Waals surface area contributed by atoms with Crippen molar-refractivity contribution in [2.75, 3.05) is 33.7 Å². The number of likely N-dealkylation sites (tertiary alicyclic amines) is 3. The van der Waals surface area contributed by atoms with Gasteiger partial charge in [0.25, 0.3) is 0 Å². The summed E-state index contributed by atoms with van der Waals surface area (Å²) in [6.45, 7) is 3.66. The Kier molecular flexibility index (Phi) is 7.77. The first-order chi connectivity index (χ1) is 16.3. The fourth-order valence-electron chi connectivity index (χ4n) is 5.18. The van der Waals surface area contributed by atoms with Crippen molar-refractivity contribution in [3.63, 3.8) is 0 Å². The molecule has 2 N–H and O–H groups in total. The molecule has 0 spiro atoms. The molecule has 2 amide bonds. The SMILES string of the molecule is C[C@H](c1ccc(SOON(C)C)cc1)N1C(=O)[C@H]2CC1CN2C[C@H](N)C(=O)N1CCC[C@H]1C#N. The van der Waals surface area contributed by atoms with E-state index in [1.54, 1.807) is 19.0 Å². The summed E-state index contributed by atoms with van der Waals surface area (Å²) in [5, 5.41) is 10.7. The molecule has 3 saturated heterocycles. The number of piperazine rings is 1. The number of nitriles is 1. The van der Waals surface area contributed by atoms with E-state index in [-0.39, 0.29) is 36.0 Å². The van der Waals surface area contributed by atoms with Crippen LogP contribution in [0.3, 0.4) is 0 Å². The van der Waals surface area contributed by atoms with Crippen LogP contribution in [-0.2, 0) is 18.9 Å². The highest BCUT2D eigenvalue weighted by Crippen LogP contribution is 2.38. The Morgan fingerprint density at radius 3 is 2.74 bits per heavy atom. The average molecular weight is 489 g/mol. The van der Waals surface area contributed by atoms with Crippen molar-refractivity contribution in [2.45, 2.75) is 61.3 Å². The van der Waals surface area contributed by atoms with Gasteiger partial charge in [-0.05, 0) is 43.9 Å². The molecule has 3 heterocycles. The zero-order valence-electron chi connectivity index (χ0n) is 19.8. The average Bonchev–Trinajstić information content (AvgIpc) is 3.53. The number of rotatable bonds is 9. The summed E-state index contributed by atoms with van der Waals surface area (Å²) < 4.78 is 5.06. The molecular weight excluding hydrogens is 456 g/mol. The van der Waals surface area contributed by atoms with Gasteiger partial charge in [-0.15, -0.1) is 9.32 Å². The van der Waals surface area contributed by atoms with Crippen molar-refractivity contribution >= 4 is 23.9 Å². The molecule has 11 heteroatoms. The summed E-state index contributed by atoms with van der Waals surface area (Å²) in [7, 11) is 3.47. The standard InChI is InChI=1S/C23H32N6O4S/c1-15(16-6-8-19(9-7-16)34-33-32-26(2)3)29-18-11-21(23(29)31)27(13-18)14-20(25)22(30)28-10-4-5-17(28)12-24/h6-9,15,17-18,20-21H,4-5,10-11,13-14,25H2,1-3H3/t15-,17+,18?,20+,21-/m1/s1. The molecular formula is C23H32N6O4S. The molecule has 34 heavy (non-hydrogen) atoms. The molecule has 3 aliphatic heterocycles. The molecule has 0 aliphatic carbocycles. The highest BCUT2D eigenvalue weighted by molar-refractivity contribution is 7.94. The number of nitrogens with two attached hydrogens (primary N) is 1. The normalized spacial score (nSPS) is 26.4. The van der Waals surface area contributed by atoms with Gasteiger partial charge in [-0.2, -0.15) is 10.3 Å². The van der Waals surface area contributed by atoms with Crippen LogP contribution in [0.4, 0.5) is 0 Å². The van der Waals surface area contributed by atoms with Crippen molar-refractivity contribution in [3.05, 3.63) is 29.8 Å². The number of hydroxylamine groups is 2. The molecule has 5 atom stereocenters. The first-order valence-corrected chi connectivity index (χ1v) is 12.3. The first-order valence-electron chi connectivity index (χ1n) is 11.6. The minimum absolute atomic E-state index is 0.0565. The molecule has 3 aliphatic rings. The van der Waals surface area contributed by atoms with Crippen molar-refractivity contribution < 1.29 is 18.9 Å². The van der Waals surface area contributed by atoms with E-state index in [0.717, 1.165) is 35.3 Å². The first kappa shape index (κ1) is 24.9. The third-order valence-electron chi connectivity index (χ3n) is 6.84. The topological polar surface area (TPSA) is 115 Å². The number of carbonyl (C=O) groups excluding carboxylic acids is 2. The van der Waals surface area contributed by atoms with E-state index in [9.17, 15) is 14.9 Å². The quantitative estimate of drug-likeness (QED) is 0.312. The third kappa shape index (κ3) is 5.07. The van der Waals surface area contributed by atoms with Crippen LogP contribution >= 0.6 is 12.0 Å². The summed E-state index contributed by atoms with van der Waals surface area (Å²) in [4.78, 5) is 37.4. The van der Waals surface area contributed by atoms with Crippen LogP contribution in [-0.4, -0.2) is 89.5 Å². The molecule has 3 fully saturated rings. The lowest BCUT2D eigenvalue weighted by Gasteiger charge is -2.38. The molecule has 10 nitrogen and oxygen atoms in total. The monoisotopic (exact) mass is 488 g/mol. The van der Waals surface area contributed by atoms with Gasteiger partial charge < -0.3 is 15.5 Å². The lowest BCUT2D eigenvalue weighted by atomic mass is 10.1. The molecule has 1 aromatic rings. The number of nitrogens with zero attached hydrogens (tertiary/aromatic N) is 5. The van der Waals surface area contributed by atoms with E-state index in [4.69, 9.17) is 15.1 Å². The van der Waals surface area contributed by atoms with E-state index in [0.29, 0.717) is 26.1 Å². The summed E-state index contributed by atoms with van der Waals surface area (Å²) in [6, 6.07) is 8.75. The largest absolute Gasteiger partial charge is 0.330 e. The van der Waals surface area contributed by atoms with Crippen molar-refractivity contribution in [2.24, 2.45) is 5.73 Å². The number of hydrogen-bond acceptors (Lipinski definition) is 9. The van der Waals surface area contributed by atoms with Gasteiger partial charge in [0.05, 0.1) is 36.2 Å². The van der Waals surface area contributed by atoms with Crippen LogP contribution in [0.15, 0.2) is 29.2 Å². The fraction of sp³-hybridized carbons (Fsp3) is 0.609. The van der Waals surface area contributed by atoms with Crippen LogP contribution in [0.1, 0.15) is 37.8 Å². The molecule has 184 valence electrons. The number of benzene rings is 1. The Morgan fingerprint density at radius 2 is 2.09 bits per heavy atom. The molecule has 1 aromatic carbocycles. The van der Waals surface area contributed by atoms with E-state index in [1.165, 1.54) is 5.06 Å². The van der Waals surface area contributed by atoms with Crippen molar-refractivity contribution in [1.29, 1.82) is 5.26 Å². The van der Waals surface area contributed by atoms with Crippen LogP contribution in [0.2, 0.25) is 0 Å². The zero-order chi connectivity index (χ0) is 24.4. The molecule has 1 unspecified atom stereocenters. The number of amides is 2. The van der Waals surface area contributed by atoms with E-state index < -0.39 is 6.04 Å². The van der Waals surface area contributed by atoms with Gasteiger partial charge >= 0.3 is 0 Å². The van der Waals surface area contributed by atoms with Crippen LogP contribution in [0.25, 0.3) is 0 Å². The molecule has 0 aromatic heterocycles. The van der Waals surface area contributed by atoms with Crippen LogP contribution in [0.5, 0.6) is 0 Å². The predicted molar refractivity (Wildman–Crippen MR) is 126 cm³/mol.